The zero-order valence-corrected chi connectivity index (χ0v) is 13.8. The van der Waals surface area contributed by atoms with Crippen LogP contribution in [0.2, 0.25) is 0 Å². The van der Waals surface area contributed by atoms with Crippen LogP contribution >= 0.6 is 11.3 Å². The number of nitrogens with one attached hydrogen (secondary N) is 1. The van der Waals surface area contributed by atoms with Gasteiger partial charge >= 0.3 is 0 Å². The van der Waals surface area contributed by atoms with Gasteiger partial charge in [-0.3, -0.25) is 0 Å². The summed E-state index contributed by atoms with van der Waals surface area (Å²) >= 11 is 1.48. The smallest absolute Gasteiger partial charge is 0.242 e. The number of aromatic nitrogens is 1. The molecule has 2 rings (SSSR count). The van der Waals surface area contributed by atoms with E-state index in [0.29, 0.717) is 13.0 Å². The fraction of sp³-hybridized carbons (Fsp3) is 0.500. The first-order valence-corrected chi connectivity index (χ1v) is 9.14. The van der Waals surface area contributed by atoms with Crippen molar-refractivity contribution >= 4 is 31.6 Å². The van der Waals surface area contributed by atoms with Crippen LogP contribution in [0.3, 0.4) is 0 Å². The van der Waals surface area contributed by atoms with Gasteiger partial charge in [-0.1, -0.05) is 13.8 Å². The normalized spacial score (nSPS) is 12.9. The molecule has 2 N–H and O–H groups in total. The molecular formula is C14H20N2O3S2. The summed E-state index contributed by atoms with van der Waals surface area (Å²) in [6.07, 6.45) is 2.81. The predicted octanol–water partition coefficient (Wildman–Crippen LogP) is 2.37. The third kappa shape index (κ3) is 4.23. The number of pyridine rings is 1. The number of thiophene rings is 1. The van der Waals surface area contributed by atoms with Gasteiger partial charge in [0.25, 0.3) is 0 Å². The number of aliphatic hydroxyl groups is 1. The maximum Gasteiger partial charge on any atom is 0.242 e. The Bertz CT molecular complexity index is 708. The van der Waals surface area contributed by atoms with Crippen LogP contribution in [0, 0.1) is 5.41 Å². The molecular weight excluding hydrogens is 308 g/mol. The Labute approximate surface area is 129 Å². The number of hydrogen-bond acceptors (Lipinski definition) is 5. The largest absolute Gasteiger partial charge is 0.396 e. The molecule has 116 valence electrons. The molecule has 0 unspecified atom stereocenters. The molecule has 0 radical (unpaired) electrons. The summed E-state index contributed by atoms with van der Waals surface area (Å²) in [6.45, 7) is 4.41. The SMILES string of the molecule is CC(C)(CCCO)CNS(=O)(=O)c1cnc2sccc2c1. The molecule has 0 atom stereocenters. The maximum absolute atomic E-state index is 12.3. The monoisotopic (exact) mass is 328 g/mol. The lowest BCUT2D eigenvalue weighted by atomic mass is 9.88. The van der Waals surface area contributed by atoms with Crippen LogP contribution < -0.4 is 4.72 Å². The van der Waals surface area contributed by atoms with E-state index in [1.807, 2.05) is 25.3 Å². The Balaban J connectivity index is 2.10. The number of sulfonamides is 1. The van der Waals surface area contributed by atoms with Crippen molar-refractivity contribution < 1.29 is 13.5 Å². The van der Waals surface area contributed by atoms with Crippen molar-refractivity contribution in [2.24, 2.45) is 5.41 Å². The number of fused-ring (bicyclic) bond motifs is 1. The number of rotatable bonds is 7. The Morgan fingerprint density at radius 1 is 1.43 bits per heavy atom. The first kappa shape index (κ1) is 16.4. The summed E-state index contributed by atoms with van der Waals surface area (Å²) in [6, 6.07) is 3.50. The van der Waals surface area contributed by atoms with Gasteiger partial charge in [0.1, 0.15) is 9.73 Å². The zero-order valence-electron chi connectivity index (χ0n) is 12.2. The number of hydrogen-bond donors (Lipinski definition) is 2. The molecule has 0 saturated carbocycles. The van der Waals surface area contributed by atoms with Gasteiger partial charge < -0.3 is 5.11 Å². The predicted molar refractivity (Wildman–Crippen MR) is 84.9 cm³/mol. The molecule has 0 saturated heterocycles. The lowest BCUT2D eigenvalue weighted by Gasteiger charge is -2.24. The van der Waals surface area contributed by atoms with E-state index >= 15 is 0 Å². The van der Waals surface area contributed by atoms with Crippen molar-refractivity contribution in [1.82, 2.24) is 9.71 Å². The van der Waals surface area contributed by atoms with E-state index in [1.54, 1.807) is 6.07 Å². The molecule has 2 aromatic heterocycles. The molecule has 2 heterocycles. The lowest BCUT2D eigenvalue weighted by molar-refractivity contribution is 0.242. The Hall–Kier alpha value is -1.02. The van der Waals surface area contributed by atoms with Crippen molar-refractivity contribution in [2.75, 3.05) is 13.2 Å². The summed E-state index contributed by atoms with van der Waals surface area (Å²) in [7, 11) is -3.56. The van der Waals surface area contributed by atoms with Gasteiger partial charge in [0.2, 0.25) is 10.0 Å². The molecule has 0 bridgehead atoms. The van der Waals surface area contributed by atoms with Crippen LogP contribution in [0.1, 0.15) is 26.7 Å². The van der Waals surface area contributed by atoms with Gasteiger partial charge in [-0.15, -0.1) is 11.3 Å². The van der Waals surface area contributed by atoms with Crippen molar-refractivity contribution in [3.63, 3.8) is 0 Å². The van der Waals surface area contributed by atoms with Crippen molar-refractivity contribution in [3.8, 4) is 0 Å². The van der Waals surface area contributed by atoms with Crippen LogP contribution in [0.5, 0.6) is 0 Å². The Morgan fingerprint density at radius 3 is 2.90 bits per heavy atom. The summed E-state index contributed by atoms with van der Waals surface area (Å²) < 4.78 is 27.3. The molecule has 5 nitrogen and oxygen atoms in total. The van der Waals surface area contributed by atoms with Gasteiger partial charge in [0.15, 0.2) is 0 Å². The van der Waals surface area contributed by atoms with E-state index in [-0.39, 0.29) is 16.9 Å². The standard InChI is InChI=1S/C14H20N2O3S2/c1-14(2,5-3-6-17)10-16-21(18,19)12-8-11-4-7-20-13(11)15-9-12/h4,7-9,16-17H,3,5-6,10H2,1-2H3. The fourth-order valence-corrected chi connectivity index (χ4v) is 3.95. The molecule has 0 amide bonds. The van der Waals surface area contributed by atoms with E-state index < -0.39 is 10.0 Å². The molecule has 0 fully saturated rings. The van der Waals surface area contributed by atoms with E-state index in [0.717, 1.165) is 16.6 Å². The van der Waals surface area contributed by atoms with E-state index in [9.17, 15) is 8.42 Å². The van der Waals surface area contributed by atoms with Crippen molar-refractivity contribution in [2.45, 2.75) is 31.6 Å². The molecule has 0 aliphatic heterocycles. The molecule has 7 heteroatoms. The minimum atomic E-state index is -3.56. The van der Waals surface area contributed by atoms with E-state index in [1.165, 1.54) is 17.5 Å². The number of aliphatic hydroxyl groups excluding tert-OH is 1. The minimum absolute atomic E-state index is 0.120. The second-order valence-electron chi connectivity index (χ2n) is 5.80. The second-order valence-corrected chi connectivity index (χ2v) is 8.46. The minimum Gasteiger partial charge on any atom is -0.396 e. The number of nitrogens with zero attached hydrogens (tertiary/aromatic N) is 1. The highest BCUT2D eigenvalue weighted by atomic mass is 32.2. The highest BCUT2D eigenvalue weighted by Gasteiger charge is 2.22. The summed E-state index contributed by atoms with van der Waals surface area (Å²) in [5.74, 6) is 0. The van der Waals surface area contributed by atoms with Crippen LogP contribution in [0.4, 0.5) is 0 Å². The van der Waals surface area contributed by atoms with Gasteiger partial charge in [0.05, 0.1) is 0 Å². The summed E-state index contributed by atoms with van der Waals surface area (Å²) in [5, 5.41) is 11.6. The van der Waals surface area contributed by atoms with Crippen molar-refractivity contribution in [1.29, 1.82) is 0 Å². The Kier molecular flexibility index (Phi) is 4.98. The fourth-order valence-electron chi connectivity index (χ4n) is 2.01. The second kappa shape index (κ2) is 6.39. The van der Waals surface area contributed by atoms with Crippen LogP contribution in [-0.2, 0) is 10.0 Å². The third-order valence-corrected chi connectivity index (χ3v) is 5.55. The summed E-state index contributed by atoms with van der Waals surface area (Å²) in [5.41, 5.74) is -0.199. The lowest BCUT2D eigenvalue weighted by Crippen LogP contribution is -2.34. The highest BCUT2D eigenvalue weighted by molar-refractivity contribution is 7.89. The molecule has 2 aromatic rings. The first-order valence-electron chi connectivity index (χ1n) is 6.78. The molecule has 0 aliphatic rings. The molecule has 0 spiro atoms. The topological polar surface area (TPSA) is 79.3 Å². The van der Waals surface area contributed by atoms with Crippen LogP contribution in [0.25, 0.3) is 10.2 Å². The third-order valence-electron chi connectivity index (χ3n) is 3.34. The summed E-state index contributed by atoms with van der Waals surface area (Å²) in [4.78, 5) is 5.18. The average molecular weight is 328 g/mol. The van der Waals surface area contributed by atoms with E-state index in [2.05, 4.69) is 9.71 Å². The molecule has 0 aromatic carbocycles. The Morgan fingerprint density at radius 2 is 2.19 bits per heavy atom. The van der Waals surface area contributed by atoms with Crippen molar-refractivity contribution in [3.05, 3.63) is 23.7 Å². The molecule has 21 heavy (non-hydrogen) atoms. The van der Waals surface area contributed by atoms with Gasteiger partial charge in [0, 0.05) is 24.7 Å². The van der Waals surface area contributed by atoms with Gasteiger partial charge in [-0.25, -0.2) is 18.1 Å². The average Bonchev–Trinajstić information content (AvgIpc) is 2.91. The maximum atomic E-state index is 12.3. The van der Waals surface area contributed by atoms with E-state index in [4.69, 9.17) is 5.11 Å². The molecule has 0 aliphatic carbocycles. The van der Waals surface area contributed by atoms with Crippen LogP contribution in [0.15, 0.2) is 28.6 Å². The van der Waals surface area contributed by atoms with Gasteiger partial charge in [-0.05, 0) is 35.8 Å². The zero-order chi connectivity index (χ0) is 15.5. The first-order chi connectivity index (χ1) is 9.84. The van der Waals surface area contributed by atoms with Crippen LogP contribution in [-0.4, -0.2) is 31.7 Å². The quantitative estimate of drug-likeness (QED) is 0.818. The van der Waals surface area contributed by atoms with Gasteiger partial charge in [-0.2, -0.15) is 0 Å². The highest BCUT2D eigenvalue weighted by Crippen LogP contribution is 2.23.